The second kappa shape index (κ2) is 6.11. The number of benzene rings is 1. The van der Waals surface area contributed by atoms with Crippen molar-refractivity contribution in [3.05, 3.63) is 46.4 Å². The Kier molecular flexibility index (Phi) is 4.13. The third kappa shape index (κ3) is 2.79. The molecule has 1 aromatic carbocycles. The number of H-pyrrole nitrogens is 1. The van der Waals surface area contributed by atoms with Crippen LogP contribution in [0.15, 0.2) is 35.3 Å². The van der Waals surface area contributed by atoms with Crippen LogP contribution in [0.3, 0.4) is 0 Å². The summed E-state index contributed by atoms with van der Waals surface area (Å²) in [4.78, 5) is 40.8. The van der Waals surface area contributed by atoms with Crippen molar-refractivity contribution in [1.29, 1.82) is 0 Å². The number of fused-ring (bicyclic) bond motifs is 1. The minimum absolute atomic E-state index is 0.106. The number of nitrogens with one attached hydrogen (secondary N) is 2. The first-order valence-corrected chi connectivity index (χ1v) is 8.09. The fourth-order valence-electron chi connectivity index (χ4n) is 3.40. The average Bonchev–Trinajstić information content (AvgIpc) is 2.95. The molecule has 126 valence electrons. The van der Waals surface area contributed by atoms with Crippen LogP contribution in [-0.2, 0) is 4.79 Å². The fraction of sp³-hybridized carbons (Fsp3) is 0.389. The van der Waals surface area contributed by atoms with Crippen LogP contribution in [-0.4, -0.2) is 40.3 Å². The number of likely N-dealkylation sites (tertiary alicyclic amines) is 1. The first-order chi connectivity index (χ1) is 11.4. The van der Waals surface area contributed by atoms with Gasteiger partial charge in [0.15, 0.2) is 0 Å². The Morgan fingerprint density at radius 2 is 2.00 bits per heavy atom. The summed E-state index contributed by atoms with van der Waals surface area (Å²) in [6.07, 6.45) is 3.22. The lowest BCUT2D eigenvalue weighted by molar-refractivity contribution is -0.119. The minimum Gasteiger partial charge on any atom is -0.354 e. The first kappa shape index (κ1) is 16.2. The molecule has 0 bridgehead atoms. The highest BCUT2D eigenvalue weighted by molar-refractivity contribution is 6.06. The van der Waals surface area contributed by atoms with Crippen LogP contribution in [0.1, 0.15) is 37.0 Å². The number of carbonyl (C=O) groups is 2. The second-order valence-corrected chi connectivity index (χ2v) is 6.54. The first-order valence-electron chi connectivity index (χ1n) is 8.09. The van der Waals surface area contributed by atoms with Crippen molar-refractivity contribution >= 4 is 22.6 Å². The molecule has 3 rings (SSSR count). The van der Waals surface area contributed by atoms with Crippen LogP contribution in [0.4, 0.5) is 0 Å². The molecule has 1 aliphatic heterocycles. The van der Waals surface area contributed by atoms with E-state index in [1.165, 1.54) is 13.1 Å². The molecule has 24 heavy (non-hydrogen) atoms. The van der Waals surface area contributed by atoms with Gasteiger partial charge >= 0.3 is 0 Å². The van der Waals surface area contributed by atoms with Crippen molar-refractivity contribution in [2.24, 2.45) is 0 Å². The Labute approximate surface area is 139 Å². The molecular formula is C18H21N3O3. The molecule has 2 heterocycles. The molecule has 1 aromatic heterocycles. The summed E-state index contributed by atoms with van der Waals surface area (Å²) in [5.74, 6) is -0.224. The molecule has 0 saturated carbocycles. The third-order valence-corrected chi connectivity index (χ3v) is 4.75. The zero-order chi connectivity index (χ0) is 17.3. The van der Waals surface area contributed by atoms with E-state index in [9.17, 15) is 14.4 Å². The average molecular weight is 327 g/mol. The molecule has 2 aromatic rings. The highest BCUT2D eigenvalue weighted by Crippen LogP contribution is 2.31. The van der Waals surface area contributed by atoms with E-state index < -0.39 is 5.54 Å². The van der Waals surface area contributed by atoms with Gasteiger partial charge in [0.2, 0.25) is 5.91 Å². The molecule has 0 aliphatic carbocycles. The lowest BCUT2D eigenvalue weighted by atomic mass is 9.97. The predicted molar refractivity (Wildman–Crippen MR) is 91.9 cm³/mol. The normalized spacial score (nSPS) is 20.3. The van der Waals surface area contributed by atoms with Gasteiger partial charge in [0.1, 0.15) is 0 Å². The van der Waals surface area contributed by atoms with Crippen LogP contribution >= 0.6 is 0 Å². The maximum absolute atomic E-state index is 13.1. The van der Waals surface area contributed by atoms with Crippen molar-refractivity contribution in [3.63, 3.8) is 0 Å². The zero-order valence-electron chi connectivity index (χ0n) is 13.9. The largest absolute Gasteiger partial charge is 0.354 e. The van der Waals surface area contributed by atoms with Crippen LogP contribution in [0, 0.1) is 0 Å². The molecule has 1 saturated heterocycles. The Balaban J connectivity index is 1.98. The molecule has 0 radical (unpaired) electrons. The third-order valence-electron chi connectivity index (χ3n) is 4.75. The minimum atomic E-state index is -0.417. The van der Waals surface area contributed by atoms with Gasteiger partial charge in [-0.2, -0.15) is 0 Å². The lowest BCUT2D eigenvalue weighted by Gasteiger charge is -2.35. The summed E-state index contributed by atoms with van der Waals surface area (Å²) in [5, 5.41) is 3.98. The van der Waals surface area contributed by atoms with E-state index in [0.717, 1.165) is 12.8 Å². The number of pyridine rings is 1. The van der Waals surface area contributed by atoms with Gasteiger partial charge in [-0.3, -0.25) is 14.4 Å². The van der Waals surface area contributed by atoms with Crippen molar-refractivity contribution < 1.29 is 9.59 Å². The second-order valence-electron chi connectivity index (χ2n) is 6.54. The number of aromatic nitrogens is 1. The molecule has 2 amide bonds. The van der Waals surface area contributed by atoms with Gasteiger partial charge in [0.25, 0.3) is 11.5 Å². The molecule has 6 nitrogen and oxygen atoms in total. The Bertz CT molecular complexity index is 858. The van der Waals surface area contributed by atoms with Crippen molar-refractivity contribution in [2.45, 2.75) is 32.2 Å². The van der Waals surface area contributed by atoms with Gasteiger partial charge in [0, 0.05) is 37.0 Å². The van der Waals surface area contributed by atoms with Crippen LogP contribution in [0.2, 0.25) is 0 Å². The summed E-state index contributed by atoms with van der Waals surface area (Å²) >= 11 is 0. The zero-order valence-corrected chi connectivity index (χ0v) is 13.9. The van der Waals surface area contributed by atoms with E-state index in [-0.39, 0.29) is 17.4 Å². The van der Waals surface area contributed by atoms with Gasteiger partial charge in [-0.25, -0.2) is 0 Å². The van der Waals surface area contributed by atoms with Gasteiger partial charge in [-0.1, -0.05) is 18.2 Å². The maximum atomic E-state index is 13.1. The highest BCUT2D eigenvalue weighted by atomic mass is 16.2. The lowest BCUT2D eigenvalue weighted by Crippen LogP contribution is -2.52. The molecule has 1 aliphatic rings. The molecule has 1 fully saturated rings. The smallest absolute Gasteiger partial charge is 0.256 e. The topological polar surface area (TPSA) is 82.3 Å². The molecule has 0 spiro atoms. The van der Waals surface area contributed by atoms with Crippen molar-refractivity contribution in [2.75, 3.05) is 13.1 Å². The monoisotopic (exact) mass is 327 g/mol. The van der Waals surface area contributed by atoms with E-state index in [2.05, 4.69) is 10.3 Å². The maximum Gasteiger partial charge on any atom is 0.256 e. The number of hydrogen-bond donors (Lipinski definition) is 2. The van der Waals surface area contributed by atoms with E-state index in [1.54, 1.807) is 18.2 Å². The van der Waals surface area contributed by atoms with E-state index in [4.69, 9.17) is 0 Å². The standard InChI is InChI=1S/C18H21N3O3/c1-12(22)20-11-18(2)8-5-9-21(18)17(24)15-10-19-16(23)14-7-4-3-6-13(14)15/h3-4,6-7,10H,5,8-9,11H2,1-2H3,(H,19,23)(H,20,22). The quantitative estimate of drug-likeness (QED) is 0.899. The number of amides is 2. The summed E-state index contributed by atoms with van der Waals surface area (Å²) in [6.45, 7) is 4.53. The van der Waals surface area contributed by atoms with Crippen LogP contribution in [0.5, 0.6) is 0 Å². The van der Waals surface area contributed by atoms with Crippen LogP contribution < -0.4 is 10.9 Å². The Morgan fingerprint density at radius 3 is 2.71 bits per heavy atom. The van der Waals surface area contributed by atoms with Crippen molar-refractivity contribution in [1.82, 2.24) is 15.2 Å². The number of aromatic amines is 1. The predicted octanol–water partition coefficient (Wildman–Crippen LogP) is 1.66. The van der Waals surface area contributed by atoms with Gasteiger partial charge in [0.05, 0.1) is 11.1 Å². The van der Waals surface area contributed by atoms with Gasteiger partial charge < -0.3 is 15.2 Å². The number of rotatable bonds is 3. The van der Waals surface area contributed by atoms with E-state index >= 15 is 0 Å². The van der Waals surface area contributed by atoms with Gasteiger partial charge in [-0.05, 0) is 25.8 Å². The summed E-state index contributed by atoms with van der Waals surface area (Å²) in [5.41, 5.74) is -0.134. The summed E-state index contributed by atoms with van der Waals surface area (Å²) < 4.78 is 0. The Hall–Kier alpha value is -2.63. The number of nitrogens with zero attached hydrogens (tertiary/aromatic N) is 1. The molecule has 1 unspecified atom stereocenters. The fourth-order valence-corrected chi connectivity index (χ4v) is 3.40. The van der Waals surface area contributed by atoms with Crippen LogP contribution in [0.25, 0.3) is 10.8 Å². The Morgan fingerprint density at radius 1 is 1.29 bits per heavy atom. The molecule has 2 N–H and O–H groups in total. The van der Waals surface area contributed by atoms with Gasteiger partial charge in [-0.15, -0.1) is 0 Å². The number of hydrogen-bond acceptors (Lipinski definition) is 3. The number of carbonyl (C=O) groups excluding carboxylic acids is 2. The summed E-state index contributed by atoms with van der Waals surface area (Å²) in [7, 11) is 0. The van der Waals surface area contributed by atoms with E-state index in [0.29, 0.717) is 29.4 Å². The molecule has 6 heteroatoms. The van der Waals surface area contributed by atoms with Crippen molar-refractivity contribution in [3.8, 4) is 0 Å². The SMILES string of the molecule is CC(=O)NCC1(C)CCCN1C(=O)c1c[nH]c(=O)c2ccccc12. The molecule has 1 atom stereocenters. The summed E-state index contributed by atoms with van der Waals surface area (Å²) in [6, 6.07) is 7.10. The molecular weight excluding hydrogens is 306 g/mol. The van der Waals surface area contributed by atoms with E-state index in [1.807, 2.05) is 17.9 Å². The highest BCUT2D eigenvalue weighted by Gasteiger charge is 2.40.